The van der Waals surface area contributed by atoms with Gasteiger partial charge in [0.2, 0.25) is 0 Å². The van der Waals surface area contributed by atoms with Gasteiger partial charge in [-0.2, -0.15) is 18.3 Å². The molecule has 1 unspecified atom stereocenters. The highest BCUT2D eigenvalue weighted by Crippen LogP contribution is 2.31. The van der Waals surface area contributed by atoms with E-state index in [1.54, 1.807) is 61.7 Å². The number of nitrogens with one attached hydrogen (secondary N) is 2. The number of carbonyl (C=O) groups excluding carboxylic acids is 1. The molecule has 1 amide bonds. The molecule has 0 bridgehead atoms. The van der Waals surface area contributed by atoms with Crippen molar-refractivity contribution >= 4 is 28.3 Å². The second kappa shape index (κ2) is 10.7. The van der Waals surface area contributed by atoms with Gasteiger partial charge in [-0.1, -0.05) is 36.1 Å². The van der Waals surface area contributed by atoms with E-state index in [9.17, 15) is 22.8 Å². The average molecular weight is 599 g/mol. The number of amides is 1. The highest BCUT2D eigenvalue weighted by Gasteiger charge is 2.37. The van der Waals surface area contributed by atoms with E-state index in [1.807, 2.05) is 0 Å². The minimum absolute atomic E-state index is 0.102. The Bertz CT molecular complexity index is 2190. The zero-order valence-corrected chi connectivity index (χ0v) is 23.2. The molecule has 0 aliphatic rings. The minimum atomic E-state index is -4.67. The Kier molecular flexibility index (Phi) is 6.85. The highest BCUT2D eigenvalue weighted by molar-refractivity contribution is 6.03. The number of carbonyl (C=O) groups is 1. The quantitative estimate of drug-likeness (QED) is 0.211. The number of hydrogen-bond acceptors (Lipinski definition) is 6. The fourth-order valence-electron chi connectivity index (χ4n) is 4.98. The Morgan fingerprint density at radius 2 is 1.84 bits per heavy atom. The average Bonchev–Trinajstić information content (AvgIpc) is 3.54. The van der Waals surface area contributed by atoms with Gasteiger partial charge in [0.05, 0.1) is 34.4 Å². The monoisotopic (exact) mass is 598 g/mol. The zero-order valence-electron chi connectivity index (χ0n) is 23.2. The lowest BCUT2D eigenvalue weighted by Crippen LogP contribution is -2.34. The van der Waals surface area contributed by atoms with Gasteiger partial charge in [-0.3, -0.25) is 18.8 Å². The number of para-hydroxylation sites is 1. The van der Waals surface area contributed by atoms with Gasteiger partial charge in [0.15, 0.2) is 17.1 Å². The van der Waals surface area contributed by atoms with E-state index in [0.29, 0.717) is 16.0 Å². The Morgan fingerprint density at radius 1 is 1.09 bits per heavy atom. The van der Waals surface area contributed by atoms with E-state index >= 15 is 0 Å². The second-order valence-electron chi connectivity index (χ2n) is 9.83. The van der Waals surface area contributed by atoms with Gasteiger partial charge >= 0.3 is 11.8 Å². The van der Waals surface area contributed by atoms with Gasteiger partial charge in [0.25, 0.3) is 11.5 Å². The second-order valence-corrected chi connectivity index (χ2v) is 9.83. The third-order valence-electron chi connectivity index (χ3n) is 6.92. The van der Waals surface area contributed by atoms with Crippen molar-refractivity contribution in [2.45, 2.75) is 19.1 Å². The van der Waals surface area contributed by atoms with Crippen LogP contribution >= 0.6 is 0 Å². The summed E-state index contributed by atoms with van der Waals surface area (Å²) in [6.45, 7) is 1.67. The van der Waals surface area contributed by atoms with Gasteiger partial charge in [-0.05, 0) is 36.2 Å². The molecule has 0 aliphatic carbocycles. The van der Waals surface area contributed by atoms with Crippen LogP contribution in [0.2, 0.25) is 0 Å². The van der Waals surface area contributed by atoms with E-state index in [0.717, 1.165) is 6.20 Å². The van der Waals surface area contributed by atoms with Crippen molar-refractivity contribution in [3.63, 3.8) is 0 Å². The highest BCUT2D eigenvalue weighted by atomic mass is 19.4. The van der Waals surface area contributed by atoms with Crippen LogP contribution in [0.1, 0.15) is 46.0 Å². The van der Waals surface area contributed by atoms with E-state index in [1.165, 1.54) is 28.4 Å². The first-order valence-electron chi connectivity index (χ1n) is 13.2. The summed E-state index contributed by atoms with van der Waals surface area (Å²) in [7, 11) is 1.18. The molecule has 4 aromatic heterocycles. The first-order valence-corrected chi connectivity index (χ1v) is 13.2. The summed E-state index contributed by atoms with van der Waals surface area (Å²) in [6.07, 6.45) is -0.454. The summed E-state index contributed by atoms with van der Waals surface area (Å²) in [6, 6.07) is 14.2. The Balaban J connectivity index is 1.48. The molecule has 4 N–H and O–H groups in total. The summed E-state index contributed by atoms with van der Waals surface area (Å²) in [5.41, 5.74) is 5.56. The number of benzene rings is 2. The molecule has 220 valence electrons. The van der Waals surface area contributed by atoms with Gasteiger partial charge in [0.1, 0.15) is 18.2 Å². The fraction of sp³-hybridized carbons (Fsp3) is 0.133. The number of nitrogen functional groups attached to an aromatic ring is 1. The summed E-state index contributed by atoms with van der Waals surface area (Å²) >= 11 is 0. The van der Waals surface area contributed by atoms with Crippen LogP contribution in [0.5, 0.6) is 0 Å². The molecule has 2 aromatic carbocycles. The van der Waals surface area contributed by atoms with Crippen molar-refractivity contribution < 1.29 is 22.5 Å². The topological polar surface area (TPSA) is 141 Å². The molecule has 0 fully saturated rings. The van der Waals surface area contributed by atoms with Crippen molar-refractivity contribution in [3.8, 4) is 17.5 Å². The maximum atomic E-state index is 14.2. The summed E-state index contributed by atoms with van der Waals surface area (Å²) < 4.78 is 44.3. The summed E-state index contributed by atoms with van der Waals surface area (Å²) in [5, 5.41) is 9.51. The van der Waals surface area contributed by atoms with Crippen LogP contribution in [0.3, 0.4) is 0 Å². The standard InChI is InChI=1S/C30H22F3N9O2/c1-17(37-28(43)23-25(34)39-41-15-7-14-35-27(23)41)26-38-21-11-6-8-18(12-13-19-16-36-40(2)24(19)30(31,32)33)22(21)29(44)42(26)20-9-4-3-5-10-20/h3-11,14-17H,1-2H3,(H3,34,37,39,43)/p+1. The lowest BCUT2D eigenvalue weighted by atomic mass is 10.1. The number of hydrogen-bond donors (Lipinski definition) is 3. The van der Waals surface area contributed by atoms with Crippen molar-refractivity contribution in [1.29, 1.82) is 0 Å². The number of aromatic amines is 1. The molecule has 6 rings (SSSR count). The SMILES string of the molecule is CC(NC(=O)c1c(N)[nH][n+]2cccnc12)c1nc2cccc(C#Cc3cnn(C)c3C(F)(F)F)c2c(=O)n1-c1ccccc1. The number of aryl methyl sites for hydroxylation is 1. The molecule has 0 radical (unpaired) electrons. The maximum Gasteiger partial charge on any atom is 0.434 e. The third-order valence-corrected chi connectivity index (χ3v) is 6.92. The summed E-state index contributed by atoms with van der Waals surface area (Å²) in [4.78, 5) is 36.5. The van der Waals surface area contributed by atoms with Crippen LogP contribution in [0.25, 0.3) is 22.2 Å². The van der Waals surface area contributed by atoms with Crippen molar-refractivity contribution in [2.75, 3.05) is 5.73 Å². The zero-order chi connectivity index (χ0) is 31.2. The molecule has 4 heterocycles. The fourth-order valence-corrected chi connectivity index (χ4v) is 4.98. The molecule has 11 nitrogen and oxygen atoms in total. The van der Waals surface area contributed by atoms with E-state index < -0.39 is 29.4 Å². The number of nitrogens with zero attached hydrogens (tertiary/aromatic N) is 6. The smallest absolute Gasteiger partial charge is 0.382 e. The lowest BCUT2D eigenvalue weighted by Gasteiger charge is -2.19. The van der Waals surface area contributed by atoms with Crippen LogP contribution in [0, 0.1) is 11.8 Å². The summed E-state index contributed by atoms with van der Waals surface area (Å²) in [5.74, 6) is 5.01. The molecule has 0 saturated carbocycles. The molecular formula is C30H23F3N9O2+. The van der Waals surface area contributed by atoms with Gasteiger partial charge in [0, 0.05) is 18.7 Å². The number of halogens is 3. The Labute approximate surface area is 246 Å². The van der Waals surface area contributed by atoms with E-state index in [-0.39, 0.29) is 39.2 Å². The van der Waals surface area contributed by atoms with Crippen LogP contribution in [-0.2, 0) is 13.2 Å². The number of alkyl halides is 3. The number of nitrogens with two attached hydrogens (primary N) is 1. The van der Waals surface area contributed by atoms with Crippen LogP contribution in [-0.4, -0.2) is 35.3 Å². The molecule has 14 heteroatoms. The number of fused-ring (bicyclic) bond motifs is 2. The molecule has 1 atom stereocenters. The third kappa shape index (κ3) is 4.90. The molecule has 44 heavy (non-hydrogen) atoms. The van der Waals surface area contributed by atoms with Crippen molar-refractivity contribution in [1.82, 2.24) is 34.7 Å². The minimum Gasteiger partial charge on any atom is -0.382 e. The first kappa shape index (κ1) is 28.2. The van der Waals surface area contributed by atoms with Crippen molar-refractivity contribution in [2.24, 2.45) is 7.05 Å². The van der Waals surface area contributed by atoms with Crippen LogP contribution < -0.4 is 21.1 Å². The molecule has 0 spiro atoms. The number of aromatic nitrogens is 7. The van der Waals surface area contributed by atoms with Crippen LogP contribution in [0.4, 0.5) is 19.0 Å². The number of rotatable bonds is 4. The predicted octanol–water partition coefficient (Wildman–Crippen LogP) is 3.07. The van der Waals surface area contributed by atoms with E-state index in [2.05, 4.69) is 32.3 Å². The molecule has 0 aliphatic heterocycles. The molecule has 0 saturated heterocycles. The van der Waals surface area contributed by atoms with Gasteiger partial charge in [-0.15, -0.1) is 4.52 Å². The first-order chi connectivity index (χ1) is 21.0. The molecular weight excluding hydrogens is 575 g/mol. The van der Waals surface area contributed by atoms with Crippen LogP contribution in [0.15, 0.2) is 78.0 Å². The van der Waals surface area contributed by atoms with Gasteiger partial charge in [-0.25, -0.2) is 10.1 Å². The number of H-pyrrole nitrogens is 1. The van der Waals surface area contributed by atoms with Gasteiger partial charge < -0.3 is 11.1 Å². The lowest BCUT2D eigenvalue weighted by molar-refractivity contribution is -0.577. The normalized spacial score (nSPS) is 12.2. The maximum absolute atomic E-state index is 14.2. The van der Waals surface area contributed by atoms with Crippen molar-refractivity contribution in [3.05, 3.63) is 112 Å². The Hall–Kier alpha value is -5.97. The molecule has 6 aromatic rings. The predicted molar refractivity (Wildman–Crippen MR) is 154 cm³/mol. The Morgan fingerprint density at radius 3 is 2.59 bits per heavy atom. The largest absolute Gasteiger partial charge is 0.434 e. The van der Waals surface area contributed by atoms with E-state index in [4.69, 9.17) is 10.7 Å². The number of anilines is 1.